The maximum Gasteiger partial charge on any atom is 0.335 e. The molecule has 5 heteroatoms. The molecule has 130 valence electrons. The maximum atomic E-state index is 12.3. The minimum atomic E-state index is -1.01. The quantitative estimate of drug-likeness (QED) is 0.752. The number of rotatable bonds is 5. The molecule has 2 rings (SSSR count). The fourth-order valence-corrected chi connectivity index (χ4v) is 2.39. The number of anilines is 1. The van der Waals surface area contributed by atoms with Crippen LogP contribution in [0.4, 0.5) is 10.5 Å². The molecule has 0 aliphatic heterocycles. The highest BCUT2D eigenvalue weighted by molar-refractivity contribution is 5.92. The molecule has 0 fully saturated rings. The largest absolute Gasteiger partial charge is 0.478 e. The summed E-state index contributed by atoms with van der Waals surface area (Å²) in [5, 5.41) is 14.5. The first kappa shape index (κ1) is 18.3. The van der Waals surface area contributed by atoms with E-state index in [1.54, 1.807) is 12.1 Å². The molecule has 2 aromatic carbocycles. The van der Waals surface area contributed by atoms with E-state index in [2.05, 4.69) is 17.2 Å². The normalized spacial score (nSPS) is 10.8. The predicted molar refractivity (Wildman–Crippen MR) is 99.7 cm³/mol. The second-order valence-corrected chi connectivity index (χ2v) is 6.45. The van der Waals surface area contributed by atoms with Gasteiger partial charge in [-0.2, -0.15) is 0 Å². The highest BCUT2D eigenvalue weighted by Crippen LogP contribution is 2.23. The number of carboxylic acid groups (broad SMARTS) is 1. The lowest BCUT2D eigenvalue weighted by atomic mass is 9.92. The lowest BCUT2D eigenvalue weighted by molar-refractivity contribution is 0.0697. The average molecular weight is 338 g/mol. The van der Waals surface area contributed by atoms with Crippen molar-refractivity contribution in [2.45, 2.75) is 26.3 Å². The lowest BCUT2D eigenvalue weighted by Gasteiger charge is -2.27. The van der Waals surface area contributed by atoms with Gasteiger partial charge in [-0.05, 0) is 62.2 Å². The predicted octanol–water partition coefficient (Wildman–Crippen LogP) is 4.47. The van der Waals surface area contributed by atoms with Crippen LogP contribution in [0, 0.1) is 0 Å². The topological polar surface area (TPSA) is 78.4 Å². The third kappa shape index (κ3) is 4.70. The number of nitrogens with one attached hydrogen (secondary N) is 2. The number of amides is 2. The zero-order chi connectivity index (χ0) is 18.6. The summed E-state index contributed by atoms with van der Waals surface area (Å²) in [7, 11) is 0. The van der Waals surface area contributed by atoms with Gasteiger partial charge in [-0.3, -0.25) is 0 Å². The molecule has 5 nitrogen and oxygen atoms in total. The van der Waals surface area contributed by atoms with Crippen molar-refractivity contribution in [1.29, 1.82) is 0 Å². The van der Waals surface area contributed by atoms with Gasteiger partial charge < -0.3 is 15.7 Å². The average Bonchev–Trinajstić information content (AvgIpc) is 2.54. The van der Waals surface area contributed by atoms with Crippen LogP contribution in [0.1, 0.15) is 42.3 Å². The van der Waals surface area contributed by atoms with Crippen molar-refractivity contribution >= 4 is 23.3 Å². The van der Waals surface area contributed by atoms with Crippen LogP contribution in [-0.2, 0) is 5.54 Å². The van der Waals surface area contributed by atoms with Crippen molar-refractivity contribution in [2.24, 2.45) is 0 Å². The van der Waals surface area contributed by atoms with Crippen LogP contribution < -0.4 is 10.6 Å². The lowest BCUT2D eigenvalue weighted by Crippen LogP contribution is -2.43. The zero-order valence-corrected chi connectivity index (χ0v) is 14.6. The Hall–Kier alpha value is -3.08. The van der Waals surface area contributed by atoms with Gasteiger partial charge >= 0.3 is 12.0 Å². The van der Waals surface area contributed by atoms with E-state index in [0.717, 1.165) is 16.7 Å². The summed E-state index contributed by atoms with van der Waals surface area (Å²) < 4.78 is 0. The van der Waals surface area contributed by atoms with Gasteiger partial charge in [-0.25, -0.2) is 9.59 Å². The van der Waals surface area contributed by atoms with Crippen LogP contribution in [0.15, 0.2) is 55.1 Å². The minimum Gasteiger partial charge on any atom is -0.478 e. The molecular weight excluding hydrogens is 316 g/mol. The minimum absolute atomic E-state index is 0.169. The highest BCUT2D eigenvalue weighted by atomic mass is 16.4. The molecule has 2 aromatic rings. The van der Waals surface area contributed by atoms with Crippen molar-refractivity contribution in [3.8, 4) is 0 Å². The molecule has 0 radical (unpaired) electrons. The molecule has 2 amide bonds. The summed E-state index contributed by atoms with van der Waals surface area (Å²) >= 11 is 0. The van der Waals surface area contributed by atoms with Gasteiger partial charge in [0.1, 0.15) is 0 Å². The van der Waals surface area contributed by atoms with E-state index in [4.69, 9.17) is 5.11 Å². The smallest absolute Gasteiger partial charge is 0.335 e. The van der Waals surface area contributed by atoms with Crippen molar-refractivity contribution < 1.29 is 14.7 Å². The van der Waals surface area contributed by atoms with Crippen LogP contribution in [0.2, 0.25) is 0 Å². The Morgan fingerprint density at radius 2 is 1.68 bits per heavy atom. The van der Waals surface area contributed by atoms with E-state index in [1.807, 2.05) is 45.0 Å². The molecule has 25 heavy (non-hydrogen) atoms. The van der Waals surface area contributed by atoms with E-state index in [-0.39, 0.29) is 11.6 Å². The molecule has 0 saturated carbocycles. The third-order valence-corrected chi connectivity index (χ3v) is 3.89. The number of aromatic carboxylic acids is 1. The number of urea groups is 1. The van der Waals surface area contributed by atoms with E-state index in [1.165, 1.54) is 12.1 Å². The van der Waals surface area contributed by atoms with Gasteiger partial charge in [0.2, 0.25) is 0 Å². The summed E-state index contributed by atoms with van der Waals surface area (Å²) in [5.74, 6) is -1.01. The Bertz CT molecular complexity index is 808. The van der Waals surface area contributed by atoms with Gasteiger partial charge in [0.25, 0.3) is 0 Å². The van der Waals surface area contributed by atoms with E-state index in [9.17, 15) is 9.59 Å². The second-order valence-electron chi connectivity index (χ2n) is 6.45. The SMILES string of the molecule is C=C(C)c1cccc(C(C)(C)NC(=O)Nc2ccc(C(=O)O)cc2)c1. The fraction of sp³-hybridized carbons (Fsp3) is 0.200. The van der Waals surface area contributed by atoms with Crippen molar-refractivity contribution in [3.05, 3.63) is 71.8 Å². The monoisotopic (exact) mass is 338 g/mol. The second kappa shape index (κ2) is 7.21. The number of allylic oxidation sites excluding steroid dienone is 1. The first-order valence-corrected chi connectivity index (χ1v) is 7.88. The molecule has 3 N–H and O–H groups in total. The van der Waals surface area contributed by atoms with Crippen molar-refractivity contribution in [2.75, 3.05) is 5.32 Å². The maximum absolute atomic E-state index is 12.3. The number of carbonyl (C=O) groups excluding carboxylic acids is 1. The molecule has 0 unspecified atom stereocenters. The molecule has 0 bridgehead atoms. The summed E-state index contributed by atoms with van der Waals surface area (Å²) in [5.41, 5.74) is 3.05. The Labute approximate surface area is 147 Å². The van der Waals surface area contributed by atoms with Gasteiger partial charge in [-0.15, -0.1) is 0 Å². The Balaban J connectivity index is 2.09. The number of benzene rings is 2. The molecule has 0 saturated heterocycles. The molecule has 0 aliphatic carbocycles. The highest BCUT2D eigenvalue weighted by Gasteiger charge is 2.23. The number of carboxylic acids is 1. The van der Waals surface area contributed by atoms with Crippen LogP contribution in [0.3, 0.4) is 0 Å². The molecule has 0 heterocycles. The van der Waals surface area contributed by atoms with Gasteiger partial charge in [0.15, 0.2) is 0 Å². The first-order chi connectivity index (χ1) is 11.7. The van der Waals surface area contributed by atoms with Crippen LogP contribution in [0.5, 0.6) is 0 Å². The molecule has 0 aliphatic rings. The number of hydrogen-bond acceptors (Lipinski definition) is 2. The number of hydrogen-bond donors (Lipinski definition) is 3. The summed E-state index contributed by atoms with van der Waals surface area (Å²) in [4.78, 5) is 23.1. The fourth-order valence-electron chi connectivity index (χ4n) is 2.39. The van der Waals surface area contributed by atoms with Crippen molar-refractivity contribution in [3.63, 3.8) is 0 Å². The molecule has 0 spiro atoms. The third-order valence-electron chi connectivity index (χ3n) is 3.89. The Morgan fingerprint density at radius 1 is 1.04 bits per heavy atom. The van der Waals surface area contributed by atoms with E-state index in [0.29, 0.717) is 5.69 Å². The standard InChI is InChI=1S/C20H22N2O3/c1-13(2)15-6-5-7-16(12-15)20(3,4)22-19(25)21-17-10-8-14(9-11-17)18(23)24/h5-12H,1H2,2-4H3,(H,23,24)(H2,21,22,25). The molecular formula is C20H22N2O3. The number of carbonyl (C=O) groups is 2. The van der Waals surface area contributed by atoms with Crippen LogP contribution in [-0.4, -0.2) is 17.1 Å². The molecule has 0 atom stereocenters. The van der Waals surface area contributed by atoms with Crippen LogP contribution in [0.25, 0.3) is 5.57 Å². The van der Waals surface area contributed by atoms with Gasteiger partial charge in [-0.1, -0.05) is 30.4 Å². The Morgan fingerprint density at radius 3 is 2.24 bits per heavy atom. The summed E-state index contributed by atoms with van der Waals surface area (Å²) in [6.45, 7) is 9.71. The first-order valence-electron chi connectivity index (χ1n) is 7.88. The van der Waals surface area contributed by atoms with E-state index < -0.39 is 11.5 Å². The molecule has 0 aromatic heterocycles. The van der Waals surface area contributed by atoms with Crippen molar-refractivity contribution in [1.82, 2.24) is 5.32 Å². The van der Waals surface area contributed by atoms with Crippen LogP contribution >= 0.6 is 0 Å². The summed E-state index contributed by atoms with van der Waals surface area (Å²) in [6.07, 6.45) is 0. The van der Waals surface area contributed by atoms with E-state index >= 15 is 0 Å². The van der Waals surface area contributed by atoms with Gasteiger partial charge in [0, 0.05) is 5.69 Å². The van der Waals surface area contributed by atoms with Gasteiger partial charge in [0.05, 0.1) is 11.1 Å². The Kier molecular flexibility index (Phi) is 5.27. The zero-order valence-electron chi connectivity index (χ0n) is 14.6. The summed E-state index contributed by atoms with van der Waals surface area (Å²) in [6, 6.07) is 13.5.